The molecule has 0 heterocycles. The molecule has 0 fully saturated rings. The normalized spacial score (nSPS) is 12.0. The highest BCUT2D eigenvalue weighted by molar-refractivity contribution is 5.80. The van der Waals surface area contributed by atoms with Gasteiger partial charge in [0, 0.05) is 25.8 Å². The first kappa shape index (κ1) is 17.5. The fourth-order valence-corrected chi connectivity index (χ4v) is 1.89. The van der Waals surface area contributed by atoms with Crippen molar-refractivity contribution in [2.75, 3.05) is 26.8 Å². The Labute approximate surface area is 127 Å². The summed E-state index contributed by atoms with van der Waals surface area (Å²) < 4.78 is 10.7. The van der Waals surface area contributed by atoms with Crippen molar-refractivity contribution in [3.63, 3.8) is 0 Å². The summed E-state index contributed by atoms with van der Waals surface area (Å²) in [7, 11) is 1.60. The van der Waals surface area contributed by atoms with Crippen LogP contribution < -0.4 is 15.4 Å². The molecule has 1 aromatic carbocycles. The van der Waals surface area contributed by atoms with E-state index in [4.69, 9.17) is 9.47 Å². The Morgan fingerprint density at radius 3 is 2.81 bits per heavy atom. The summed E-state index contributed by atoms with van der Waals surface area (Å²) in [5.41, 5.74) is 2.24. The Hall–Kier alpha value is -1.59. The van der Waals surface area contributed by atoms with Crippen molar-refractivity contribution < 1.29 is 14.3 Å². The average Bonchev–Trinajstić information content (AvgIpc) is 2.47. The molecule has 0 aliphatic rings. The second-order valence-electron chi connectivity index (χ2n) is 4.94. The van der Waals surface area contributed by atoms with Crippen molar-refractivity contribution in [2.45, 2.75) is 33.4 Å². The number of aryl methyl sites for hydroxylation is 1. The number of hydrogen-bond acceptors (Lipinski definition) is 4. The van der Waals surface area contributed by atoms with E-state index in [0.717, 1.165) is 24.4 Å². The van der Waals surface area contributed by atoms with E-state index in [2.05, 4.69) is 23.6 Å². The Balaban J connectivity index is 2.65. The summed E-state index contributed by atoms with van der Waals surface area (Å²) in [6.07, 6.45) is -0.537. The molecular weight excluding hydrogens is 268 g/mol. The lowest BCUT2D eigenvalue weighted by Gasteiger charge is -2.18. The number of hydrogen-bond donors (Lipinski definition) is 2. The van der Waals surface area contributed by atoms with Crippen molar-refractivity contribution >= 4 is 5.91 Å². The number of carbonyl (C=O) groups excluding carboxylic acids is 1. The quantitative estimate of drug-likeness (QED) is 0.680. The van der Waals surface area contributed by atoms with Gasteiger partial charge in [0.1, 0.15) is 5.75 Å². The molecule has 1 aromatic rings. The van der Waals surface area contributed by atoms with Crippen LogP contribution in [0.1, 0.15) is 25.0 Å². The van der Waals surface area contributed by atoms with Gasteiger partial charge in [-0.25, -0.2) is 0 Å². The van der Waals surface area contributed by atoms with Gasteiger partial charge in [-0.3, -0.25) is 4.79 Å². The Morgan fingerprint density at radius 1 is 1.38 bits per heavy atom. The minimum absolute atomic E-state index is 0.137. The first-order chi connectivity index (χ1) is 10.1. The van der Waals surface area contributed by atoms with E-state index in [9.17, 15) is 4.79 Å². The van der Waals surface area contributed by atoms with E-state index in [1.54, 1.807) is 14.0 Å². The minimum atomic E-state index is -0.537. The topological polar surface area (TPSA) is 59.6 Å². The van der Waals surface area contributed by atoms with Gasteiger partial charge in [0.15, 0.2) is 6.10 Å². The Morgan fingerprint density at radius 2 is 2.14 bits per heavy atom. The molecule has 1 unspecified atom stereocenters. The molecule has 0 radical (unpaired) electrons. The summed E-state index contributed by atoms with van der Waals surface area (Å²) in [5, 5.41) is 6.05. The van der Waals surface area contributed by atoms with E-state index in [0.29, 0.717) is 13.2 Å². The van der Waals surface area contributed by atoms with Crippen molar-refractivity contribution in [2.24, 2.45) is 0 Å². The number of carbonyl (C=O) groups is 1. The molecule has 0 aliphatic carbocycles. The maximum absolute atomic E-state index is 11.9. The smallest absolute Gasteiger partial charge is 0.260 e. The SMILES string of the molecule is CCNCc1cc(C)ccc1OC(C)C(=O)NCCOC. The second-order valence-corrected chi connectivity index (χ2v) is 4.94. The Bertz CT molecular complexity index is 449. The van der Waals surface area contributed by atoms with Crippen LogP contribution >= 0.6 is 0 Å². The van der Waals surface area contributed by atoms with Gasteiger partial charge < -0.3 is 20.1 Å². The van der Waals surface area contributed by atoms with Gasteiger partial charge in [0.2, 0.25) is 0 Å². The van der Waals surface area contributed by atoms with Gasteiger partial charge >= 0.3 is 0 Å². The Kier molecular flexibility index (Phi) is 7.79. The third-order valence-corrected chi connectivity index (χ3v) is 3.06. The molecular formula is C16H26N2O3. The first-order valence-electron chi connectivity index (χ1n) is 7.32. The van der Waals surface area contributed by atoms with Crippen molar-refractivity contribution in [1.29, 1.82) is 0 Å². The van der Waals surface area contributed by atoms with Gasteiger partial charge in [0.05, 0.1) is 6.61 Å². The monoisotopic (exact) mass is 294 g/mol. The number of ether oxygens (including phenoxy) is 2. The zero-order valence-electron chi connectivity index (χ0n) is 13.4. The third kappa shape index (κ3) is 6.14. The number of amides is 1. The lowest BCUT2D eigenvalue weighted by Crippen LogP contribution is -2.38. The molecule has 1 atom stereocenters. The maximum Gasteiger partial charge on any atom is 0.260 e. The molecule has 1 rings (SSSR count). The second kappa shape index (κ2) is 9.37. The van der Waals surface area contributed by atoms with Gasteiger partial charge in [0.25, 0.3) is 5.91 Å². The number of benzene rings is 1. The molecule has 0 saturated heterocycles. The van der Waals surface area contributed by atoms with E-state index in [1.165, 1.54) is 5.56 Å². The standard InChI is InChI=1S/C16H26N2O3/c1-5-17-11-14-10-12(2)6-7-15(14)21-13(3)16(19)18-8-9-20-4/h6-7,10,13,17H,5,8-9,11H2,1-4H3,(H,18,19). The van der Waals surface area contributed by atoms with Gasteiger partial charge in [-0.15, -0.1) is 0 Å². The number of rotatable bonds is 9. The number of nitrogens with one attached hydrogen (secondary N) is 2. The lowest BCUT2D eigenvalue weighted by atomic mass is 10.1. The van der Waals surface area contributed by atoms with Crippen molar-refractivity contribution in [1.82, 2.24) is 10.6 Å². The van der Waals surface area contributed by atoms with Crippen LogP contribution in [0.25, 0.3) is 0 Å². The van der Waals surface area contributed by atoms with E-state index < -0.39 is 6.10 Å². The van der Waals surface area contributed by atoms with Crippen LogP contribution in [-0.4, -0.2) is 38.8 Å². The maximum atomic E-state index is 11.9. The fourth-order valence-electron chi connectivity index (χ4n) is 1.89. The van der Waals surface area contributed by atoms with Crippen molar-refractivity contribution in [3.05, 3.63) is 29.3 Å². The summed E-state index contributed by atoms with van der Waals surface area (Å²) in [4.78, 5) is 11.9. The van der Waals surface area contributed by atoms with E-state index in [1.807, 2.05) is 19.1 Å². The molecule has 118 valence electrons. The summed E-state index contributed by atoms with van der Waals surface area (Å²) in [5.74, 6) is 0.609. The molecule has 5 heteroatoms. The zero-order chi connectivity index (χ0) is 15.7. The van der Waals surface area contributed by atoms with Crippen LogP contribution in [0, 0.1) is 6.92 Å². The summed E-state index contributed by atoms with van der Waals surface area (Å²) in [6.45, 7) is 8.45. The van der Waals surface area contributed by atoms with Gasteiger partial charge in [-0.05, 0) is 26.5 Å². The van der Waals surface area contributed by atoms with Crippen LogP contribution in [0.15, 0.2) is 18.2 Å². The highest BCUT2D eigenvalue weighted by atomic mass is 16.5. The molecule has 0 bridgehead atoms. The third-order valence-electron chi connectivity index (χ3n) is 3.06. The van der Waals surface area contributed by atoms with Crippen LogP contribution in [0.5, 0.6) is 5.75 Å². The first-order valence-corrected chi connectivity index (χ1v) is 7.32. The predicted molar refractivity (Wildman–Crippen MR) is 83.5 cm³/mol. The molecule has 0 aromatic heterocycles. The molecule has 0 saturated carbocycles. The molecule has 5 nitrogen and oxygen atoms in total. The fraction of sp³-hybridized carbons (Fsp3) is 0.562. The van der Waals surface area contributed by atoms with Crippen LogP contribution in [0.3, 0.4) is 0 Å². The van der Waals surface area contributed by atoms with E-state index in [-0.39, 0.29) is 5.91 Å². The van der Waals surface area contributed by atoms with Gasteiger partial charge in [-0.2, -0.15) is 0 Å². The highest BCUT2D eigenvalue weighted by Gasteiger charge is 2.15. The minimum Gasteiger partial charge on any atom is -0.481 e. The van der Waals surface area contributed by atoms with Crippen molar-refractivity contribution in [3.8, 4) is 5.75 Å². The highest BCUT2D eigenvalue weighted by Crippen LogP contribution is 2.21. The van der Waals surface area contributed by atoms with Crippen LogP contribution in [0.2, 0.25) is 0 Å². The zero-order valence-corrected chi connectivity index (χ0v) is 13.4. The average molecular weight is 294 g/mol. The molecule has 21 heavy (non-hydrogen) atoms. The molecule has 0 spiro atoms. The molecule has 2 N–H and O–H groups in total. The molecule has 0 aliphatic heterocycles. The lowest BCUT2D eigenvalue weighted by molar-refractivity contribution is -0.127. The predicted octanol–water partition coefficient (Wildman–Crippen LogP) is 1.63. The molecule has 1 amide bonds. The van der Waals surface area contributed by atoms with E-state index >= 15 is 0 Å². The van der Waals surface area contributed by atoms with Gasteiger partial charge in [-0.1, -0.05) is 24.6 Å². The summed E-state index contributed by atoms with van der Waals surface area (Å²) in [6, 6.07) is 5.98. The van der Waals surface area contributed by atoms with Crippen LogP contribution in [-0.2, 0) is 16.1 Å². The largest absolute Gasteiger partial charge is 0.481 e. The summed E-state index contributed by atoms with van der Waals surface area (Å²) >= 11 is 0. The van der Waals surface area contributed by atoms with Crippen LogP contribution in [0.4, 0.5) is 0 Å². The number of methoxy groups -OCH3 is 1.